The van der Waals surface area contributed by atoms with E-state index in [2.05, 4.69) is 0 Å². The highest BCUT2D eigenvalue weighted by Crippen LogP contribution is 2.18. The zero-order chi connectivity index (χ0) is 18.7. The maximum atomic E-state index is 12.3. The number of rotatable bonds is 5. The maximum Gasteiger partial charge on any atom is 0.339 e. The molecule has 0 aliphatic rings. The van der Waals surface area contributed by atoms with E-state index in [1.165, 1.54) is 18.2 Å². The summed E-state index contributed by atoms with van der Waals surface area (Å²) >= 11 is 0. The van der Waals surface area contributed by atoms with Crippen LogP contribution in [0, 0.1) is 12.8 Å². The van der Waals surface area contributed by atoms with Gasteiger partial charge in [-0.15, -0.1) is 0 Å². The minimum Gasteiger partial charge on any atom is -0.448 e. The molecule has 0 radical (unpaired) electrons. The van der Waals surface area contributed by atoms with Crippen molar-refractivity contribution in [2.24, 2.45) is 11.7 Å². The predicted molar refractivity (Wildman–Crippen MR) is 86.1 cm³/mol. The lowest BCUT2D eigenvalue weighted by Crippen LogP contribution is -2.45. The number of urea groups is 1. The second-order valence-electron chi connectivity index (χ2n) is 5.67. The number of nitrogens with one attached hydrogen (secondary N) is 1. The van der Waals surface area contributed by atoms with E-state index in [9.17, 15) is 22.8 Å². The number of imide groups is 1. The summed E-state index contributed by atoms with van der Waals surface area (Å²) in [5.41, 5.74) is 5.40. The summed E-state index contributed by atoms with van der Waals surface area (Å²) in [4.78, 5) is 35.0. The van der Waals surface area contributed by atoms with E-state index in [4.69, 9.17) is 10.5 Å². The number of sulfone groups is 1. The third kappa shape index (κ3) is 5.05. The van der Waals surface area contributed by atoms with Gasteiger partial charge in [0, 0.05) is 6.26 Å². The second-order valence-corrected chi connectivity index (χ2v) is 7.69. The van der Waals surface area contributed by atoms with Gasteiger partial charge >= 0.3 is 12.0 Å². The van der Waals surface area contributed by atoms with Gasteiger partial charge in [-0.1, -0.05) is 19.9 Å². The minimum atomic E-state index is -3.50. The van der Waals surface area contributed by atoms with E-state index < -0.39 is 39.8 Å². The first-order valence-electron chi connectivity index (χ1n) is 7.05. The van der Waals surface area contributed by atoms with Crippen LogP contribution in [-0.4, -0.2) is 38.7 Å². The number of hydrogen-bond donors (Lipinski definition) is 2. The van der Waals surface area contributed by atoms with E-state index in [-0.39, 0.29) is 10.5 Å². The van der Waals surface area contributed by atoms with Gasteiger partial charge in [0.15, 0.2) is 15.9 Å². The first-order chi connectivity index (χ1) is 10.9. The molecule has 0 aliphatic carbocycles. The van der Waals surface area contributed by atoms with Crippen LogP contribution in [0.1, 0.15) is 29.8 Å². The highest BCUT2D eigenvalue weighted by molar-refractivity contribution is 7.90. The molecule has 1 aromatic carbocycles. The van der Waals surface area contributed by atoms with Crippen molar-refractivity contribution in [3.8, 4) is 0 Å². The number of aryl methyl sites for hydroxylation is 1. The summed E-state index contributed by atoms with van der Waals surface area (Å²) in [7, 11) is -3.50. The van der Waals surface area contributed by atoms with E-state index in [0.29, 0.717) is 5.56 Å². The van der Waals surface area contributed by atoms with Crippen LogP contribution >= 0.6 is 0 Å². The van der Waals surface area contributed by atoms with Crippen molar-refractivity contribution in [2.45, 2.75) is 31.8 Å². The van der Waals surface area contributed by atoms with Crippen molar-refractivity contribution in [1.82, 2.24) is 5.32 Å². The number of nitrogens with two attached hydrogens (primary N) is 1. The molecule has 0 unspecified atom stereocenters. The van der Waals surface area contributed by atoms with Crippen LogP contribution in [0.25, 0.3) is 0 Å². The van der Waals surface area contributed by atoms with E-state index in [1.54, 1.807) is 20.8 Å². The average Bonchev–Trinajstić information content (AvgIpc) is 2.42. The molecule has 0 aliphatic heterocycles. The Balaban J connectivity index is 3.12. The lowest BCUT2D eigenvalue weighted by atomic mass is 10.1. The lowest BCUT2D eigenvalue weighted by Gasteiger charge is -2.20. The fourth-order valence-electron chi connectivity index (χ4n) is 1.92. The normalized spacial score (nSPS) is 12.5. The fraction of sp³-hybridized carbons (Fsp3) is 0.400. The number of esters is 1. The molecule has 24 heavy (non-hydrogen) atoms. The van der Waals surface area contributed by atoms with Crippen LogP contribution in [-0.2, 0) is 19.4 Å². The summed E-state index contributed by atoms with van der Waals surface area (Å²) in [5.74, 6) is -2.13. The summed E-state index contributed by atoms with van der Waals surface area (Å²) in [6, 6.07) is 2.98. The largest absolute Gasteiger partial charge is 0.448 e. The topological polar surface area (TPSA) is 133 Å². The van der Waals surface area contributed by atoms with Crippen LogP contribution in [0.5, 0.6) is 0 Å². The molecule has 1 aromatic rings. The van der Waals surface area contributed by atoms with Gasteiger partial charge in [-0.05, 0) is 30.5 Å². The number of ether oxygens (including phenoxy) is 1. The number of primary amides is 1. The second kappa shape index (κ2) is 7.43. The third-order valence-corrected chi connectivity index (χ3v) is 4.31. The molecule has 0 fully saturated rings. The number of benzene rings is 1. The molecule has 1 atom stereocenters. The standard InChI is InChI=1S/C15H20N2O6S/c1-8(2)12(13(18)17-15(16)20)23-14(19)11-7-10(24(4,21)22)6-5-9(11)3/h5-8,12H,1-4H3,(H3,16,17,18,20)/t12-/m1/s1. The van der Waals surface area contributed by atoms with Gasteiger partial charge < -0.3 is 10.5 Å². The Kier molecular flexibility index (Phi) is 6.08. The van der Waals surface area contributed by atoms with Gasteiger partial charge in [0.25, 0.3) is 5.91 Å². The molecule has 132 valence electrons. The zero-order valence-electron chi connectivity index (χ0n) is 13.8. The van der Waals surface area contributed by atoms with Gasteiger partial charge in [0.1, 0.15) is 0 Å². The third-order valence-electron chi connectivity index (χ3n) is 3.20. The van der Waals surface area contributed by atoms with Crippen LogP contribution in [0.4, 0.5) is 4.79 Å². The number of hydrogen-bond acceptors (Lipinski definition) is 6. The maximum absolute atomic E-state index is 12.3. The van der Waals surface area contributed by atoms with Crippen molar-refractivity contribution in [1.29, 1.82) is 0 Å². The zero-order valence-corrected chi connectivity index (χ0v) is 14.6. The molecule has 0 spiro atoms. The Morgan fingerprint density at radius 2 is 1.79 bits per heavy atom. The summed E-state index contributed by atoms with van der Waals surface area (Å²) in [6.45, 7) is 4.85. The average molecular weight is 356 g/mol. The van der Waals surface area contributed by atoms with Gasteiger partial charge in [-0.25, -0.2) is 18.0 Å². The van der Waals surface area contributed by atoms with Gasteiger partial charge in [0.05, 0.1) is 10.5 Å². The molecule has 0 bridgehead atoms. The summed E-state index contributed by atoms with van der Waals surface area (Å²) in [5, 5.41) is 1.86. The number of carbonyl (C=O) groups is 3. The first kappa shape index (κ1) is 19.6. The van der Waals surface area contributed by atoms with Gasteiger partial charge in [0.2, 0.25) is 0 Å². The SMILES string of the molecule is Cc1ccc(S(C)(=O)=O)cc1C(=O)O[C@@H](C(=O)NC(N)=O)C(C)C. The molecule has 8 nitrogen and oxygen atoms in total. The summed E-state index contributed by atoms with van der Waals surface area (Å²) in [6.07, 6.45) is -0.226. The summed E-state index contributed by atoms with van der Waals surface area (Å²) < 4.78 is 28.4. The molecule has 1 rings (SSSR count). The molecule has 3 N–H and O–H groups in total. The Morgan fingerprint density at radius 1 is 1.21 bits per heavy atom. The Bertz CT molecular complexity index is 770. The number of carbonyl (C=O) groups excluding carboxylic acids is 3. The van der Waals surface area contributed by atoms with Crippen LogP contribution in [0.3, 0.4) is 0 Å². The minimum absolute atomic E-state index is 0.0236. The van der Waals surface area contributed by atoms with Crippen molar-refractivity contribution >= 4 is 27.7 Å². The molecule has 3 amide bonds. The van der Waals surface area contributed by atoms with Crippen LogP contribution in [0.15, 0.2) is 23.1 Å². The monoisotopic (exact) mass is 356 g/mol. The van der Waals surface area contributed by atoms with E-state index >= 15 is 0 Å². The molecular formula is C15H20N2O6S. The number of amides is 3. The quantitative estimate of drug-likeness (QED) is 0.749. The van der Waals surface area contributed by atoms with Crippen molar-refractivity contribution < 1.29 is 27.5 Å². The van der Waals surface area contributed by atoms with Crippen LogP contribution < -0.4 is 11.1 Å². The molecule has 0 aromatic heterocycles. The Hall–Kier alpha value is -2.42. The van der Waals surface area contributed by atoms with Crippen LogP contribution in [0.2, 0.25) is 0 Å². The molecule has 9 heteroatoms. The molecule has 0 saturated carbocycles. The fourth-order valence-corrected chi connectivity index (χ4v) is 2.56. The van der Waals surface area contributed by atoms with Crippen molar-refractivity contribution in [3.63, 3.8) is 0 Å². The van der Waals surface area contributed by atoms with E-state index in [0.717, 1.165) is 6.26 Å². The molecular weight excluding hydrogens is 336 g/mol. The van der Waals surface area contributed by atoms with Crippen molar-refractivity contribution in [2.75, 3.05) is 6.26 Å². The van der Waals surface area contributed by atoms with Crippen molar-refractivity contribution in [3.05, 3.63) is 29.3 Å². The first-order valence-corrected chi connectivity index (χ1v) is 8.94. The predicted octanol–water partition coefficient (Wildman–Crippen LogP) is 0.775. The van der Waals surface area contributed by atoms with Gasteiger partial charge in [-0.2, -0.15) is 0 Å². The molecule has 0 saturated heterocycles. The lowest BCUT2D eigenvalue weighted by molar-refractivity contribution is -0.130. The Morgan fingerprint density at radius 3 is 2.25 bits per heavy atom. The molecule has 0 heterocycles. The highest BCUT2D eigenvalue weighted by Gasteiger charge is 2.28. The highest BCUT2D eigenvalue weighted by atomic mass is 32.2. The smallest absolute Gasteiger partial charge is 0.339 e. The Labute approximate surface area is 140 Å². The van der Waals surface area contributed by atoms with E-state index in [1.807, 2.05) is 5.32 Å². The van der Waals surface area contributed by atoms with Gasteiger partial charge in [-0.3, -0.25) is 10.1 Å².